The van der Waals surface area contributed by atoms with Gasteiger partial charge in [0.1, 0.15) is 6.04 Å². The average molecular weight is 466 g/mol. The summed E-state index contributed by atoms with van der Waals surface area (Å²) in [6.45, 7) is 4.12. The highest BCUT2D eigenvalue weighted by molar-refractivity contribution is 6.36. The van der Waals surface area contributed by atoms with Crippen LogP contribution in [0, 0.1) is 10.1 Å². The molecule has 0 fully saturated rings. The Morgan fingerprint density at radius 2 is 1.77 bits per heavy atom. The van der Waals surface area contributed by atoms with E-state index in [0.29, 0.717) is 22.2 Å². The lowest BCUT2D eigenvalue weighted by molar-refractivity contribution is -0.385. The van der Waals surface area contributed by atoms with Crippen molar-refractivity contribution in [1.29, 1.82) is 0 Å². The molecule has 0 aliphatic heterocycles. The summed E-state index contributed by atoms with van der Waals surface area (Å²) in [7, 11) is 0. The van der Waals surface area contributed by atoms with Gasteiger partial charge in [-0.15, -0.1) is 0 Å². The standard InChI is InChI=1S/C22H25Cl2N3O4/c1-3-4-12-25-22(29)15(2)26(14-17-18(23)9-7-10-19(17)24)21(28)13-16-8-5-6-11-20(16)27(30)31/h5-11,15H,3-4,12-14H2,1-2H3,(H,25,29)/t15-/m1/s1. The van der Waals surface area contributed by atoms with Crippen molar-refractivity contribution in [2.24, 2.45) is 0 Å². The van der Waals surface area contributed by atoms with E-state index < -0.39 is 16.9 Å². The topological polar surface area (TPSA) is 92.6 Å². The van der Waals surface area contributed by atoms with Crippen molar-refractivity contribution >= 4 is 40.7 Å². The molecule has 0 aromatic heterocycles. The first kappa shape index (κ1) is 24.6. The van der Waals surface area contributed by atoms with Gasteiger partial charge in [-0.2, -0.15) is 0 Å². The SMILES string of the molecule is CCCCNC(=O)[C@@H](C)N(Cc1c(Cl)cccc1Cl)C(=O)Cc1ccccc1[N+](=O)[O-]. The summed E-state index contributed by atoms with van der Waals surface area (Å²) < 4.78 is 0. The molecule has 0 radical (unpaired) electrons. The molecule has 31 heavy (non-hydrogen) atoms. The molecule has 1 N–H and O–H groups in total. The number of para-hydroxylation sites is 1. The average Bonchev–Trinajstić information content (AvgIpc) is 2.73. The molecule has 7 nitrogen and oxygen atoms in total. The second-order valence-electron chi connectivity index (χ2n) is 7.11. The lowest BCUT2D eigenvalue weighted by Crippen LogP contribution is -2.48. The van der Waals surface area contributed by atoms with E-state index in [1.165, 1.54) is 23.1 Å². The number of amides is 2. The number of carbonyl (C=O) groups excluding carboxylic acids is 2. The van der Waals surface area contributed by atoms with E-state index >= 15 is 0 Å². The summed E-state index contributed by atoms with van der Waals surface area (Å²) >= 11 is 12.6. The predicted octanol–water partition coefficient (Wildman–Crippen LogP) is 4.78. The van der Waals surface area contributed by atoms with Gasteiger partial charge >= 0.3 is 0 Å². The zero-order valence-electron chi connectivity index (χ0n) is 17.4. The smallest absolute Gasteiger partial charge is 0.273 e. The Hall–Kier alpha value is -2.64. The minimum absolute atomic E-state index is 0.000333. The van der Waals surface area contributed by atoms with E-state index in [4.69, 9.17) is 23.2 Å². The highest BCUT2D eigenvalue weighted by Crippen LogP contribution is 2.27. The van der Waals surface area contributed by atoms with Crippen molar-refractivity contribution in [3.05, 3.63) is 73.8 Å². The maximum Gasteiger partial charge on any atom is 0.273 e. The van der Waals surface area contributed by atoms with Crippen molar-refractivity contribution in [1.82, 2.24) is 10.2 Å². The minimum Gasteiger partial charge on any atom is -0.354 e. The Morgan fingerprint density at radius 3 is 2.39 bits per heavy atom. The maximum absolute atomic E-state index is 13.2. The third kappa shape index (κ3) is 6.67. The van der Waals surface area contributed by atoms with Crippen molar-refractivity contribution in [2.45, 2.75) is 45.7 Å². The Morgan fingerprint density at radius 1 is 1.13 bits per heavy atom. The summed E-state index contributed by atoms with van der Waals surface area (Å²) in [5.41, 5.74) is 0.632. The van der Waals surface area contributed by atoms with Crippen LogP contribution in [-0.2, 0) is 22.6 Å². The van der Waals surface area contributed by atoms with Crippen LogP contribution in [-0.4, -0.2) is 34.2 Å². The molecule has 0 aliphatic rings. The number of hydrogen-bond donors (Lipinski definition) is 1. The van der Waals surface area contributed by atoms with Gasteiger partial charge in [-0.05, 0) is 25.5 Å². The molecule has 2 aromatic carbocycles. The quantitative estimate of drug-likeness (QED) is 0.310. The van der Waals surface area contributed by atoms with Crippen LogP contribution in [0.5, 0.6) is 0 Å². The molecular weight excluding hydrogens is 441 g/mol. The zero-order valence-corrected chi connectivity index (χ0v) is 18.9. The van der Waals surface area contributed by atoms with Gasteiger partial charge < -0.3 is 10.2 Å². The molecule has 0 heterocycles. The van der Waals surface area contributed by atoms with Crippen LogP contribution in [0.2, 0.25) is 10.0 Å². The van der Waals surface area contributed by atoms with Gasteiger partial charge in [0.05, 0.1) is 11.3 Å². The monoisotopic (exact) mass is 465 g/mol. The normalized spacial score (nSPS) is 11.6. The van der Waals surface area contributed by atoms with Crippen LogP contribution in [0.4, 0.5) is 5.69 Å². The van der Waals surface area contributed by atoms with Crippen molar-refractivity contribution < 1.29 is 14.5 Å². The second kappa shape index (κ2) is 11.7. The molecule has 1 atom stereocenters. The highest BCUT2D eigenvalue weighted by Gasteiger charge is 2.28. The van der Waals surface area contributed by atoms with E-state index in [1.807, 2.05) is 6.92 Å². The number of carbonyl (C=O) groups is 2. The fourth-order valence-electron chi connectivity index (χ4n) is 3.08. The van der Waals surface area contributed by atoms with E-state index in [2.05, 4.69) is 5.32 Å². The number of rotatable bonds is 10. The molecule has 2 aromatic rings. The summed E-state index contributed by atoms with van der Waals surface area (Å²) in [4.78, 5) is 38.0. The van der Waals surface area contributed by atoms with Crippen LogP contribution >= 0.6 is 23.2 Å². The lowest BCUT2D eigenvalue weighted by atomic mass is 10.1. The minimum atomic E-state index is -0.820. The molecule has 0 aliphatic carbocycles. The molecule has 0 unspecified atom stereocenters. The fourth-order valence-corrected chi connectivity index (χ4v) is 3.59. The van der Waals surface area contributed by atoms with E-state index in [1.54, 1.807) is 31.2 Å². The molecule has 0 spiro atoms. The first-order valence-electron chi connectivity index (χ1n) is 9.98. The lowest BCUT2D eigenvalue weighted by Gasteiger charge is -2.29. The maximum atomic E-state index is 13.2. The Bertz CT molecular complexity index is 932. The summed E-state index contributed by atoms with van der Waals surface area (Å²) in [6, 6.07) is 10.2. The van der Waals surface area contributed by atoms with Crippen molar-refractivity contribution in [2.75, 3.05) is 6.54 Å². The summed E-state index contributed by atoms with van der Waals surface area (Å²) in [5, 5.41) is 14.9. The molecule has 0 bridgehead atoms. The first-order valence-corrected chi connectivity index (χ1v) is 10.7. The van der Waals surface area contributed by atoms with Gasteiger partial charge in [-0.3, -0.25) is 19.7 Å². The number of nitro benzene ring substituents is 1. The molecule has 0 saturated carbocycles. The van der Waals surface area contributed by atoms with Gasteiger partial charge in [0, 0.05) is 40.3 Å². The molecule has 9 heteroatoms. The molecule has 0 saturated heterocycles. The number of hydrogen-bond acceptors (Lipinski definition) is 4. The fraction of sp³-hybridized carbons (Fsp3) is 0.364. The number of benzene rings is 2. The number of nitrogens with zero attached hydrogens (tertiary/aromatic N) is 2. The van der Waals surface area contributed by atoms with Gasteiger partial charge in [0.2, 0.25) is 11.8 Å². The molecule has 2 rings (SSSR count). The first-order chi connectivity index (χ1) is 14.8. The van der Waals surface area contributed by atoms with Gasteiger partial charge in [-0.1, -0.05) is 60.8 Å². The van der Waals surface area contributed by atoms with Gasteiger partial charge in [0.15, 0.2) is 0 Å². The second-order valence-corrected chi connectivity index (χ2v) is 7.92. The summed E-state index contributed by atoms with van der Waals surface area (Å²) in [5.74, 6) is -0.754. The van der Waals surface area contributed by atoms with E-state index in [0.717, 1.165) is 12.8 Å². The van der Waals surface area contributed by atoms with E-state index in [-0.39, 0.29) is 30.1 Å². The third-order valence-electron chi connectivity index (χ3n) is 4.92. The number of unbranched alkanes of at least 4 members (excludes halogenated alkanes) is 1. The van der Waals surface area contributed by atoms with Crippen LogP contribution in [0.25, 0.3) is 0 Å². The van der Waals surface area contributed by atoms with Gasteiger partial charge in [0.25, 0.3) is 5.69 Å². The van der Waals surface area contributed by atoms with Crippen LogP contribution in [0.3, 0.4) is 0 Å². The largest absolute Gasteiger partial charge is 0.354 e. The Kier molecular flexibility index (Phi) is 9.27. The van der Waals surface area contributed by atoms with Crippen LogP contribution in [0.1, 0.15) is 37.8 Å². The Labute approximate surface area is 191 Å². The van der Waals surface area contributed by atoms with Crippen molar-refractivity contribution in [3.63, 3.8) is 0 Å². The molecule has 166 valence electrons. The van der Waals surface area contributed by atoms with Crippen LogP contribution < -0.4 is 5.32 Å². The zero-order chi connectivity index (χ0) is 23.0. The number of nitrogens with one attached hydrogen (secondary N) is 1. The third-order valence-corrected chi connectivity index (χ3v) is 5.63. The summed E-state index contributed by atoms with van der Waals surface area (Å²) in [6.07, 6.45) is 1.51. The van der Waals surface area contributed by atoms with Gasteiger partial charge in [-0.25, -0.2) is 0 Å². The molecular formula is C22H25Cl2N3O4. The van der Waals surface area contributed by atoms with E-state index in [9.17, 15) is 19.7 Å². The highest BCUT2D eigenvalue weighted by atomic mass is 35.5. The predicted molar refractivity (Wildman–Crippen MR) is 121 cm³/mol. The number of halogens is 2. The Balaban J connectivity index is 2.33. The van der Waals surface area contributed by atoms with Crippen LogP contribution in [0.15, 0.2) is 42.5 Å². The van der Waals surface area contributed by atoms with Crippen molar-refractivity contribution in [3.8, 4) is 0 Å². The number of nitro groups is 1. The molecule has 2 amide bonds.